The van der Waals surface area contributed by atoms with Gasteiger partial charge in [-0.25, -0.2) is 0 Å². The standard InChI is InChI=1S/C26H31N3O3/c1-19-18-21(6-11-24(19)29-16-14-28(2)15-17-29)27-26(30)13-10-23-9-12-25(32-23)20-4-7-22(31-3)8-5-20/h4-9,11-12,18H,10,13-17H2,1-3H3,(H,27,30). The number of carbonyl (C=O) groups excluding carboxylic acids is 1. The highest BCUT2D eigenvalue weighted by Gasteiger charge is 2.16. The summed E-state index contributed by atoms with van der Waals surface area (Å²) >= 11 is 0. The molecule has 1 aromatic heterocycles. The number of ether oxygens (including phenoxy) is 1. The van der Waals surface area contributed by atoms with Crippen molar-refractivity contribution in [1.29, 1.82) is 0 Å². The molecule has 2 aromatic carbocycles. The molecule has 0 aliphatic carbocycles. The summed E-state index contributed by atoms with van der Waals surface area (Å²) in [5.41, 5.74) is 4.25. The van der Waals surface area contributed by atoms with E-state index in [1.54, 1.807) is 7.11 Å². The van der Waals surface area contributed by atoms with Crippen LogP contribution in [-0.2, 0) is 11.2 Å². The molecule has 0 spiro atoms. The zero-order valence-corrected chi connectivity index (χ0v) is 19.1. The van der Waals surface area contributed by atoms with Gasteiger partial charge in [0.1, 0.15) is 17.3 Å². The van der Waals surface area contributed by atoms with E-state index in [4.69, 9.17) is 9.15 Å². The molecule has 6 heteroatoms. The summed E-state index contributed by atoms with van der Waals surface area (Å²) in [5, 5.41) is 3.02. The van der Waals surface area contributed by atoms with E-state index in [2.05, 4.69) is 41.2 Å². The summed E-state index contributed by atoms with van der Waals surface area (Å²) < 4.78 is 11.1. The zero-order valence-electron chi connectivity index (χ0n) is 19.1. The fourth-order valence-corrected chi connectivity index (χ4v) is 4.02. The van der Waals surface area contributed by atoms with Gasteiger partial charge in [-0.3, -0.25) is 4.79 Å². The van der Waals surface area contributed by atoms with Gasteiger partial charge in [0, 0.05) is 56.0 Å². The highest BCUT2D eigenvalue weighted by molar-refractivity contribution is 5.91. The van der Waals surface area contributed by atoms with E-state index < -0.39 is 0 Å². The molecular weight excluding hydrogens is 402 g/mol. The monoisotopic (exact) mass is 433 g/mol. The van der Waals surface area contributed by atoms with Gasteiger partial charge >= 0.3 is 0 Å². The van der Waals surface area contributed by atoms with E-state index in [1.807, 2.05) is 42.5 Å². The summed E-state index contributed by atoms with van der Waals surface area (Å²) in [6, 6.07) is 17.8. The highest BCUT2D eigenvalue weighted by atomic mass is 16.5. The van der Waals surface area contributed by atoms with Crippen LogP contribution in [0.4, 0.5) is 11.4 Å². The Labute approximate surface area is 189 Å². The maximum Gasteiger partial charge on any atom is 0.224 e. The Balaban J connectivity index is 1.30. The summed E-state index contributed by atoms with van der Waals surface area (Å²) in [6.45, 7) is 6.32. The predicted octanol–water partition coefficient (Wildman–Crippen LogP) is 4.59. The van der Waals surface area contributed by atoms with Crippen LogP contribution in [0.1, 0.15) is 17.7 Å². The number of amides is 1. The van der Waals surface area contributed by atoms with Gasteiger partial charge < -0.3 is 24.3 Å². The topological polar surface area (TPSA) is 58.0 Å². The molecule has 0 bridgehead atoms. The second-order valence-corrected chi connectivity index (χ2v) is 8.33. The van der Waals surface area contributed by atoms with Gasteiger partial charge in [0.2, 0.25) is 5.91 Å². The third-order valence-corrected chi connectivity index (χ3v) is 5.96. The second-order valence-electron chi connectivity index (χ2n) is 8.33. The smallest absolute Gasteiger partial charge is 0.224 e. The number of nitrogens with zero attached hydrogens (tertiary/aromatic N) is 2. The van der Waals surface area contributed by atoms with Crippen molar-refractivity contribution in [2.75, 3.05) is 50.6 Å². The largest absolute Gasteiger partial charge is 0.497 e. The Morgan fingerprint density at radius 2 is 1.78 bits per heavy atom. The number of anilines is 2. The van der Waals surface area contributed by atoms with Gasteiger partial charge in [-0.2, -0.15) is 0 Å². The van der Waals surface area contributed by atoms with Crippen LogP contribution in [0.5, 0.6) is 5.75 Å². The normalized spacial score (nSPS) is 14.4. The van der Waals surface area contributed by atoms with Crippen molar-refractivity contribution >= 4 is 17.3 Å². The molecule has 1 fully saturated rings. The summed E-state index contributed by atoms with van der Waals surface area (Å²) in [5.74, 6) is 2.38. The number of carbonyl (C=O) groups is 1. The van der Waals surface area contributed by atoms with Gasteiger partial charge in [0.05, 0.1) is 7.11 Å². The van der Waals surface area contributed by atoms with Crippen molar-refractivity contribution in [2.45, 2.75) is 19.8 Å². The third kappa shape index (κ3) is 5.32. The molecule has 3 aromatic rings. The lowest BCUT2D eigenvalue weighted by Gasteiger charge is -2.35. The molecule has 4 rings (SSSR count). The van der Waals surface area contributed by atoms with Crippen molar-refractivity contribution in [2.24, 2.45) is 0 Å². The summed E-state index contributed by atoms with van der Waals surface area (Å²) in [6.07, 6.45) is 0.926. The number of benzene rings is 2. The average molecular weight is 434 g/mol. The zero-order chi connectivity index (χ0) is 22.5. The lowest BCUT2D eigenvalue weighted by Crippen LogP contribution is -2.44. The van der Waals surface area contributed by atoms with E-state index in [0.717, 1.165) is 54.7 Å². The molecule has 1 aliphatic rings. The van der Waals surface area contributed by atoms with Gasteiger partial charge in [-0.15, -0.1) is 0 Å². The van der Waals surface area contributed by atoms with Crippen LogP contribution >= 0.6 is 0 Å². The maximum atomic E-state index is 12.5. The van der Waals surface area contributed by atoms with Crippen LogP contribution in [0, 0.1) is 6.92 Å². The minimum absolute atomic E-state index is 0.0147. The quantitative estimate of drug-likeness (QED) is 0.591. The fraction of sp³-hybridized carbons (Fsp3) is 0.346. The van der Waals surface area contributed by atoms with Crippen molar-refractivity contribution < 1.29 is 13.9 Å². The molecule has 1 N–H and O–H groups in total. The summed E-state index contributed by atoms with van der Waals surface area (Å²) in [7, 11) is 3.81. The Morgan fingerprint density at radius 1 is 1.03 bits per heavy atom. The Bertz CT molecular complexity index is 1050. The number of hydrogen-bond donors (Lipinski definition) is 1. The third-order valence-electron chi connectivity index (χ3n) is 5.96. The SMILES string of the molecule is COc1ccc(-c2ccc(CCC(=O)Nc3ccc(N4CCN(C)CC4)c(C)c3)o2)cc1. The van der Waals surface area contributed by atoms with E-state index >= 15 is 0 Å². The van der Waals surface area contributed by atoms with Gasteiger partial charge in [0.25, 0.3) is 0 Å². The maximum absolute atomic E-state index is 12.5. The minimum Gasteiger partial charge on any atom is -0.497 e. The number of furan rings is 1. The number of likely N-dealkylation sites (N-methyl/N-ethyl adjacent to an activating group) is 1. The lowest BCUT2D eigenvalue weighted by atomic mass is 10.1. The molecule has 0 radical (unpaired) electrons. The summed E-state index contributed by atoms with van der Waals surface area (Å²) in [4.78, 5) is 17.2. The molecule has 168 valence electrons. The molecule has 1 amide bonds. The van der Waals surface area contributed by atoms with E-state index in [9.17, 15) is 4.79 Å². The van der Waals surface area contributed by atoms with Gasteiger partial charge in [-0.05, 0) is 74.1 Å². The lowest BCUT2D eigenvalue weighted by molar-refractivity contribution is -0.116. The number of hydrogen-bond acceptors (Lipinski definition) is 5. The molecule has 1 saturated heterocycles. The van der Waals surface area contributed by atoms with E-state index in [1.165, 1.54) is 11.3 Å². The highest BCUT2D eigenvalue weighted by Crippen LogP contribution is 2.26. The van der Waals surface area contributed by atoms with Crippen molar-refractivity contribution in [1.82, 2.24) is 4.90 Å². The van der Waals surface area contributed by atoms with Crippen LogP contribution in [0.3, 0.4) is 0 Å². The van der Waals surface area contributed by atoms with Crippen LogP contribution in [0.25, 0.3) is 11.3 Å². The Morgan fingerprint density at radius 3 is 2.47 bits per heavy atom. The number of aryl methyl sites for hydroxylation is 2. The van der Waals surface area contributed by atoms with Crippen molar-refractivity contribution in [3.8, 4) is 17.1 Å². The molecular formula is C26H31N3O3. The van der Waals surface area contributed by atoms with Crippen LogP contribution in [-0.4, -0.2) is 51.1 Å². The minimum atomic E-state index is -0.0147. The molecule has 32 heavy (non-hydrogen) atoms. The molecule has 1 aliphatic heterocycles. The molecule has 0 saturated carbocycles. The first-order valence-electron chi connectivity index (χ1n) is 11.1. The molecule has 0 unspecified atom stereocenters. The molecule has 6 nitrogen and oxygen atoms in total. The molecule has 0 atom stereocenters. The Hall–Kier alpha value is -3.25. The van der Waals surface area contributed by atoms with Crippen LogP contribution in [0.2, 0.25) is 0 Å². The first-order valence-corrected chi connectivity index (χ1v) is 11.1. The number of methoxy groups -OCH3 is 1. The second kappa shape index (κ2) is 9.92. The van der Waals surface area contributed by atoms with Gasteiger partial charge in [0.15, 0.2) is 0 Å². The van der Waals surface area contributed by atoms with Crippen LogP contribution < -0.4 is 15.0 Å². The van der Waals surface area contributed by atoms with E-state index in [0.29, 0.717) is 12.8 Å². The van der Waals surface area contributed by atoms with Gasteiger partial charge in [-0.1, -0.05) is 0 Å². The Kier molecular flexibility index (Phi) is 6.81. The number of rotatable bonds is 7. The molecule has 2 heterocycles. The number of nitrogens with one attached hydrogen (secondary N) is 1. The first kappa shape index (κ1) is 22.0. The van der Waals surface area contributed by atoms with E-state index in [-0.39, 0.29) is 5.91 Å². The van der Waals surface area contributed by atoms with Crippen molar-refractivity contribution in [3.63, 3.8) is 0 Å². The first-order chi connectivity index (χ1) is 15.5. The van der Waals surface area contributed by atoms with Crippen LogP contribution in [0.15, 0.2) is 59.0 Å². The fourth-order valence-electron chi connectivity index (χ4n) is 4.02. The van der Waals surface area contributed by atoms with Crippen molar-refractivity contribution in [3.05, 3.63) is 65.9 Å². The average Bonchev–Trinajstić information content (AvgIpc) is 3.28. The number of piperazine rings is 1. The predicted molar refractivity (Wildman–Crippen MR) is 129 cm³/mol.